The van der Waals surface area contributed by atoms with Gasteiger partial charge in [-0.2, -0.15) is 0 Å². The zero-order chi connectivity index (χ0) is 14.0. The molecule has 1 fully saturated rings. The molecule has 0 aliphatic carbocycles. The van der Waals surface area contributed by atoms with Crippen LogP contribution in [-0.4, -0.2) is 56.0 Å². The van der Waals surface area contributed by atoms with Crippen LogP contribution in [0.2, 0.25) is 0 Å². The summed E-state index contributed by atoms with van der Waals surface area (Å²) in [7, 11) is 5.66. The molecule has 1 aliphatic heterocycles. The van der Waals surface area contributed by atoms with Crippen LogP contribution in [-0.2, 0) is 0 Å². The number of likely N-dealkylation sites (N-methyl/N-ethyl adjacent to an activating group) is 1. The van der Waals surface area contributed by atoms with Crippen molar-refractivity contribution in [3.8, 4) is 5.75 Å². The zero-order valence-electron chi connectivity index (χ0n) is 11.7. The van der Waals surface area contributed by atoms with Crippen LogP contribution in [0.1, 0.15) is 16.8 Å². The second-order valence-corrected chi connectivity index (χ2v) is 5.11. The maximum atomic E-state index is 12.4. The fraction of sp³-hybridized carbons (Fsp3) is 0.500. The van der Waals surface area contributed by atoms with Crippen LogP contribution < -0.4 is 10.5 Å². The number of ether oxygens (including phenoxy) is 1. The van der Waals surface area contributed by atoms with E-state index in [0.29, 0.717) is 23.0 Å². The molecule has 2 N–H and O–H groups in total. The van der Waals surface area contributed by atoms with Gasteiger partial charge in [0.05, 0.1) is 12.8 Å². The molecule has 1 aromatic rings. The fourth-order valence-electron chi connectivity index (χ4n) is 2.40. The Hall–Kier alpha value is -1.75. The van der Waals surface area contributed by atoms with Crippen LogP contribution in [0.15, 0.2) is 18.2 Å². The van der Waals surface area contributed by atoms with Gasteiger partial charge < -0.3 is 20.3 Å². The summed E-state index contributed by atoms with van der Waals surface area (Å²) in [5, 5.41) is 0. The Morgan fingerprint density at radius 2 is 2.21 bits per heavy atom. The third-order valence-electron chi connectivity index (χ3n) is 3.66. The highest BCUT2D eigenvalue weighted by Gasteiger charge is 2.28. The van der Waals surface area contributed by atoms with Crippen molar-refractivity contribution in [2.75, 3.05) is 40.0 Å². The van der Waals surface area contributed by atoms with E-state index in [4.69, 9.17) is 10.5 Å². The largest absolute Gasteiger partial charge is 0.495 e. The number of carbonyl (C=O) groups is 1. The minimum Gasteiger partial charge on any atom is -0.495 e. The minimum absolute atomic E-state index is 0.0405. The van der Waals surface area contributed by atoms with Gasteiger partial charge in [0.2, 0.25) is 0 Å². The summed E-state index contributed by atoms with van der Waals surface area (Å²) in [5.41, 5.74) is 6.96. The van der Waals surface area contributed by atoms with E-state index in [0.717, 1.165) is 19.5 Å². The van der Waals surface area contributed by atoms with Crippen molar-refractivity contribution in [1.82, 2.24) is 9.80 Å². The van der Waals surface area contributed by atoms with Crippen LogP contribution in [0.25, 0.3) is 0 Å². The number of benzene rings is 1. The first-order valence-electron chi connectivity index (χ1n) is 6.42. The van der Waals surface area contributed by atoms with Crippen molar-refractivity contribution in [3.63, 3.8) is 0 Å². The van der Waals surface area contributed by atoms with Gasteiger partial charge in [-0.1, -0.05) is 0 Å². The van der Waals surface area contributed by atoms with Gasteiger partial charge in [-0.3, -0.25) is 4.79 Å². The molecule has 1 saturated heterocycles. The lowest BCUT2D eigenvalue weighted by Gasteiger charge is -2.20. The molecule has 104 valence electrons. The molecule has 0 spiro atoms. The van der Waals surface area contributed by atoms with Crippen molar-refractivity contribution >= 4 is 11.6 Å². The Balaban J connectivity index is 2.10. The number of amides is 1. The molecule has 19 heavy (non-hydrogen) atoms. The molecular formula is C14H21N3O2. The van der Waals surface area contributed by atoms with Crippen molar-refractivity contribution in [2.24, 2.45) is 0 Å². The SMILES string of the molecule is COc1ccc(C(=O)N2CCC(N(C)C)C2)cc1N. The van der Waals surface area contributed by atoms with Crippen LogP contribution in [0.5, 0.6) is 5.75 Å². The smallest absolute Gasteiger partial charge is 0.253 e. The average molecular weight is 263 g/mol. The molecule has 0 saturated carbocycles. The maximum Gasteiger partial charge on any atom is 0.253 e. The Morgan fingerprint density at radius 3 is 2.74 bits per heavy atom. The van der Waals surface area contributed by atoms with E-state index < -0.39 is 0 Å². The number of methoxy groups -OCH3 is 1. The topological polar surface area (TPSA) is 58.8 Å². The first-order valence-corrected chi connectivity index (χ1v) is 6.42. The standard InChI is InChI=1S/C14H21N3O2/c1-16(2)11-6-7-17(9-11)14(18)10-4-5-13(19-3)12(15)8-10/h4-5,8,11H,6-7,9,15H2,1-3H3. The van der Waals surface area contributed by atoms with Gasteiger partial charge in [0.25, 0.3) is 5.91 Å². The van der Waals surface area contributed by atoms with Crippen LogP contribution in [0.3, 0.4) is 0 Å². The Kier molecular flexibility index (Phi) is 3.95. The van der Waals surface area contributed by atoms with Gasteiger partial charge in [0.1, 0.15) is 5.75 Å². The molecule has 0 bridgehead atoms. The predicted octanol–water partition coefficient (Wildman–Crippen LogP) is 1.05. The van der Waals surface area contributed by atoms with E-state index in [1.54, 1.807) is 25.3 Å². The number of likely N-dealkylation sites (tertiary alicyclic amines) is 1. The third-order valence-corrected chi connectivity index (χ3v) is 3.66. The fourth-order valence-corrected chi connectivity index (χ4v) is 2.40. The third kappa shape index (κ3) is 2.81. The molecule has 1 unspecified atom stereocenters. The number of nitrogens with zero attached hydrogens (tertiary/aromatic N) is 2. The molecule has 1 aromatic carbocycles. The summed E-state index contributed by atoms with van der Waals surface area (Å²) in [6.07, 6.45) is 1.02. The summed E-state index contributed by atoms with van der Waals surface area (Å²) in [6, 6.07) is 5.63. The molecule has 1 aliphatic rings. The zero-order valence-corrected chi connectivity index (χ0v) is 11.7. The van der Waals surface area contributed by atoms with Gasteiger partial charge in [0.15, 0.2) is 0 Å². The number of rotatable bonds is 3. The second-order valence-electron chi connectivity index (χ2n) is 5.11. The summed E-state index contributed by atoms with van der Waals surface area (Å²) in [6.45, 7) is 1.57. The number of nitrogen functional groups attached to an aromatic ring is 1. The lowest BCUT2D eigenvalue weighted by molar-refractivity contribution is 0.0783. The minimum atomic E-state index is 0.0405. The normalized spacial score (nSPS) is 18.9. The molecule has 0 aromatic heterocycles. The van der Waals surface area contributed by atoms with Gasteiger partial charge in [0, 0.05) is 24.7 Å². The van der Waals surface area contributed by atoms with Gasteiger partial charge in [-0.05, 0) is 38.7 Å². The molecule has 1 amide bonds. The van der Waals surface area contributed by atoms with E-state index in [-0.39, 0.29) is 5.91 Å². The molecule has 0 radical (unpaired) electrons. The van der Waals surface area contributed by atoms with Crippen LogP contribution in [0.4, 0.5) is 5.69 Å². The van der Waals surface area contributed by atoms with E-state index in [9.17, 15) is 4.79 Å². The first-order chi connectivity index (χ1) is 9.02. The van der Waals surface area contributed by atoms with E-state index in [1.165, 1.54) is 0 Å². The number of hydrogen-bond donors (Lipinski definition) is 1. The Labute approximate surface area is 113 Å². The van der Waals surface area contributed by atoms with Gasteiger partial charge in [-0.15, -0.1) is 0 Å². The van der Waals surface area contributed by atoms with Gasteiger partial charge >= 0.3 is 0 Å². The van der Waals surface area contributed by atoms with Crippen LogP contribution >= 0.6 is 0 Å². The summed E-state index contributed by atoms with van der Waals surface area (Å²) < 4.78 is 5.10. The van der Waals surface area contributed by atoms with Crippen molar-refractivity contribution in [1.29, 1.82) is 0 Å². The molecule has 2 rings (SSSR count). The average Bonchev–Trinajstić information content (AvgIpc) is 2.87. The first kappa shape index (κ1) is 13.7. The molecule has 1 atom stereocenters. The van der Waals surface area contributed by atoms with E-state index in [1.807, 2.05) is 19.0 Å². The Morgan fingerprint density at radius 1 is 1.47 bits per heavy atom. The highest BCUT2D eigenvalue weighted by atomic mass is 16.5. The van der Waals surface area contributed by atoms with Gasteiger partial charge in [-0.25, -0.2) is 0 Å². The van der Waals surface area contributed by atoms with Crippen LogP contribution in [0, 0.1) is 0 Å². The molecule has 1 heterocycles. The lowest BCUT2D eigenvalue weighted by atomic mass is 10.1. The summed E-state index contributed by atoms with van der Waals surface area (Å²) in [5.74, 6) is 0.642. The van der Waals surface area contributed by atoms with Crippen molar-refractivity contribution in [3.05, 3.63) is 23.8 Å². The molecule has 5 heteroatoms. The monoisotopic (exact) mass is 263 g/mol. The lowest BCUT2D eigenvalue weighted by Crippen LogP contribution is -2.34. The van der Waals surface area contributed by atoms with Crippen molar-refractivity contribution < 1.29 is 9.53 Å². The number of nitrogens with two attached hydrogens (primary N) is 1. The highest BCUT2D eigenvalue weighted by molar-refractivity contribution is 5.95. The molecule has 5 nitrogen and oxygen atoms in total. The summed E-state index contributed by atoms with van der Waals surface area (Å²) in [4.78, 5) is 16.4. The molecular weight excluding hydrogens is 242 g/mol. The maximum absolute atomic E-state index is 12.4. The predicted molar refractivity (Wildman–Crippen MR) is 75.4 cm³/mol. The second kappa shape index (κ2) is 5.48. The van der Waals surface area contributed by atoms with Crippen molar-refractivity contribution in [2.45, 2.75) is 12.5 Å². The quantitative estimate of drug-likeness (QED) is 0.828. The number of carbonyl (C=O) groups excluding carboxylic acids is 1. The Bertz CT molecular complexity index is 474. The van der Waals surface area contributed by atoms with E-state index >= 15 is 0 Å². The van der Waals surface area contributed by atoms with E-state index in [2.05, 4.69) is 4.90 Å². The highest BCUT2D eigenvalue weighted by Crippen LogP contribution is 2.24. The summed E-state index contributed by atoms with van der Waals surface area (Å²) >= 11 is 0. The number of anilines is 1. The number of hydrogen-bond acceptors (Lipinski definition) is 4.